The van der Waals surface area contributed by atoms with Crippen LogP contribution < -0.4 is 0 Å². The number of hydrogen-bond acceptors (Lipinski definition) is 2. The molecule has 0 radical (unpaired) electrons. The summed E-state index contributed by atoms with van der Waals surface area (Å²) in [5.41, 5.74) is 15.0. The van der Waals surface area contributed by atoms with Crippen LogP contribution in [0.5, 0.6) is 0 Å². The van der Waals surface area contributed by atoms with Crippen LogP contribution in [-0.2, 0) is 5.41 Å². The van der Waals surface area contributed by atoms with Gasteiger partial charge in [0.1, 0.15) is 0 Å². The van der Waals surface area contributed by atoms with Gasteiger partial charge in [-0.2, -0.15) is 0 Å². The van der Waals surface area contributed by atoms with Crippen molar-refractivity contribution in [2.45, 2.75) is 19.3 Å². The molecule has 0 saturated carbocycles. The average Bonchev–Trinajstić information content (AvgIpc) is 3.51. The Bertz CT molecular complexity index is 3210. The summed E-state index contributed by atoms with van der Waals surface area (Å²) in [6.45, 7) is 4.76. The Morgan fingerprint density at radius 2 is 0.877 bits per heavy atom. The maximum Gasteiger partial charge on any atom is 0.160 e. The van der Waals surface area contributed by atoms with Crippen molar-refractivity contribution in [3.63, 3.8) is 0 Å². The topological polar surface area (TPSA) is 25.8 Å². The molecule has 1 aromatic heterocycles. The molecular weight excluding hydrogens is 689 g/mol. The number of benzene rings is 9. The second-order valence-corrected chi connectivity index (χ2v) is 15.7. The number of hydrogen-bond donors (Lipinski definition) is 0. The Labute approximate surface area is 332 Å². The fourth-order valence-electron chi connectivity index (χ4n) is 9.38. The van der Waals surface area contributed by atoms with Gasteiger partial charge in [-0.05, 0) is 89.0 Å². The van der Waals surface area contributed by atoms with Crippen molar-refractivity contribution in [3.05, 3.63) is 205 Å². The van der Waals surface area contributed by atoms with Crippen molar-refractivity contribution in [1.29, 1.82) is 0 Å². The number of aromatic nitrogens is 2. The van der Waals surface area contributed by atoms with Crippen molar-refractivity contribution in [2.75, 3.05) is 0 Å². The van der Waals surface area contributed by atoms with Gasteiger partial charge in [0.05, 0.1) is 11.4 Å². The third kappa shape index (κ3) is 5.33. The van der Waals surface area contributed by atoms with Gasteiger partial charge in [-0.3, -0.25) is 0 Å². The van der Waals surface area contributed by atoms with Gasteiger partial charge in [-0.1, -0.05) is 196 Å². The van der Waals surface area contributed by atoms with Gasteiger partial charge < -0.3 is 0 Å². The highest BCUT2D eigenvalue weighted by Gasteiger charge is 2.37. The van der Waals surface area contributed by atoms with Crippen LogP contribution in [0.15, 0.2) is 194 Å². The van der Waals surface area contributed by atoms with Gasteiger partial charge in [-0.25, -0.2) is 9.97 Å². The lowest BCUT2D eigenvalue weighted by atomic mass is 9.79. The molecule has 0 spiro atoms. The van der Waals surface area contributed by atoms with Crippen molar-refractivity contribution < 1.29 is 0 Å². The first-order valence-corrected chi connectivity index (χ1v) is 19.7. The van der Waals surface area contributed by atoms with Crippen LogP contribution in [0.3, 0.4) is 0 Å². The van der Waals surface area contributed by atoms with E-state index < -0.39 is 0 Å². The van der Waals surface area contributed by atoms with E-state index in [1.807, 2.05) is 6.07 Å². The minimum atomic E-state index is -0.134. The van der Waals surface area contributed by atoms with Crippen LogP contribution >= 0.6 is 0 Å². The van der Waals surface area contributed by atoms with Crippen molar-refractivity contribution in [2.24, 2.45) is 0 Å². The molecule has 268 valence electrons. The lowest BCUT2D eigenvalue weighted by Gasteiger charge is -2.24. The summed E-state index contributed by atoms with van der Waals surface area (Å²) in [5, 5.41) is 7.43. The average molecular weight is 727 g/mol. The fourth-order valence-corrected chi connectivity index (χ4v) is 9.38. The second kappa shape index (κ2) is 13.0. The normalized spacial score (nSPS) is 12.9. The van der Waals surface area contributed by atoms with Crippen molar-refractivity contribution in [3.8, 4) is 67.3 Å². The molecule has 0 fully saturated rings. The van der Waals surface area contributed by atoms with Crippen LogP contribution in [0.25, 0.3) is 99.6 Å². The first-order valence-electron chi connectivity index (χ1n) is 19.7. The standard InChI is InChI=1S/C55H38N2/c1-55(2)50-33-38(28-29-46(50)49-30-27-36-16-7-9-21-41(36)53(49)55)40-31-32-48(45-24-11-10-22-42(40)45)52-34-51(56-54(57-52)37-17-4-3-5-18-37)47-25-13-12-23-44(47)43-26-14-19-35-15-6-8-20-39(35)43/h3-34H,1-2H3. The minimum absolute atomic E-state index is 0.134. The minimum Gasteiger partial charge on any atom is -0.228 e. The third-order valence-corrected chi connectivity index (χ3v) is 12.1. The lowest BCUT2D eigenvalue weighted by molar-refractivity contribution is 0.666. The molecule has 0 amide bonds. The molecule has 10 aromatic rings. The van der Waals surface area contributed by atoms with Gasteiger partial charge >= 0.3 is 0 Å². The summed E-state index contributed by atoms with van der Waals surface area (Å²) >= 11 is 0. The second-order valence-electron chi connectivity index (χ2n) is 15.7. The summed E-state index contributed by atoms with van der Waals surface area (Å²) in [7, 11) is 0. The molecule has 1 aliphatic rings. The number of rotatable bonds is 5. The van der Waals surface area contributed by atoms with E-state index in [1.165, 1.54) is 65.9 Å². The molecule has 0 aliphatic heterocycles. The maximum atomic E-state index is 5.31. The zero-order valence-electron chi connectivity index (χ0n) is 31.9. The van der Waals surface area contributed by atoms with E-state index in [9.17, 15) is 0 Å². The van der Waals surface area contributed by atoms with E-state index in [-0.39, 0.29) is 5.41 Å². The highest BCUT2D eigenvalue weighted by atomic mass is 14.9. The summed E-state index contributed by atoms with van der Waals surface area (Å²) in [5.74, 6) is 0.705. The molecule has 1 heterocycles. The van der Waals surface area contributed by atoms with Gasteiger partial charge in [0.2, 0.25) is 0 Å². The van der Waals surface area contributed by atoms with E-state index >= 15 is 0 Å². The van der Waals surface area contributed by atoms with Crippen LogP contribution in [0.4, 0.5) is 0 Å². The SMILES string of the molecule is CC1(C)c2cc(-c3ccc(-c4cc(-c5ccccc5-c5cccc6ccccc56)nc(-c5ccccc5)n4)c4ccccc34)ccc2-c2ccc3ccccc3c21. The van der Waals surface area contributed by atoms with Crippen LogP contribution in [0.2, 0.25) is 0 Å². The summed E-state index contributed by atoms with van der Waals surface area (Å²) in [4.78, 5) is 10.6. The molecule has 2 heteroatoms. The van der Waals surface area contributed by atoms with Crippen molar-refractivity contribution >= 4 is 32.3 Å². The van der Waals surface area contributed by atoms with Gasteiger partial charge in [-0.15, -0.1) is 0 Å². The first kappa shape index (κ1) is 33.2. The summed E-state index contributed by atoms with van der Waals surface area (Å²) in [6, 6.07) is 70.1. The molecule has 0 N–H and O–H groups in total. The van der Waals surface area contributed by atoms with E-state index in [0.29, 0.717) is 5.82 Å². The van der Waals surface area contributed by atoms with Gasteiger partial charge in [0.25, 0.3) is 0 Å². The monoisotopic (exact) mass is 726 g/mol. The molecule has 2 nitrogen and oxygen atoms in total. The van der Waals surface area contributed by atoms with Crippen LogP contribution in [0.1, 0.15) is 25.0 Å². The predicted molar refractivity (Wildman–Crippen MR) is 239 cm³/mol. The summed E-state index contributed by atoms with van der Waals surface area (Å²) < 4.78 is 0. The zero-order chi connectivity index (χ0) is 38.1. The predicted octanol–water partition coefficient (Wildman–Crippen LogP) is 14.6. The number of fused-ring (bicyclic) bond motifs is 7. The third-order valence-electron chi connectivity index (χ3n) is 12.1. The molecule has 0 unspecified atom stereocenters. The Kier molecular flexibility index (Phi) is 7.55. The highest BCUT2D eigenvalue weighted by molar-refractivity contribution is 6.06. The van der Waals surface area contributed by atoms with E-state index in [2.05, 4.69) is 202 Å². The molecular formula is C55H38N2. The lowest BCUT2D eigenvalue weighted by Crippen LogP contribution is -2.15. The first-order chi connectivity index (χ1) is 28.0. The fraction of sp³-hybridized carbons (Fsp3) is 0.0545. The largest absolute Gasteiger partial charge is 0.228 e. The van der Waals surface area contributed by atoms with Gasteiger partial charge in [0, 0.05) is 22.1 Å². The van der Waals surface area contributed by atoms with E-state index in [0.717, 1.165) is 39.0 Å². The van der Waals surface area contributed by atoms with Gasteiger partial charge in [0.15, 0.2) is 5.82 Å². The number of nitrogens with zero attached hydrogens (tertiary/aromatic N) is 2. The molecule has 0 bridgehead atoms. The molecule has 57 heavy (non-hydrogen) atoms. The quantitative estimate of drug-likeness (QED) is 0.176. The van der Waals surface area contributed by atoms with Crippen LogP contribution in [-0.4, -0.2) is 9.97 Å². The Morgan fingerprint density at radius 1 is 0.333 bits per heavy atom. The molecule has 0 atom stereocenters. The Hall–Kier alpha value is -7.16. The molecule has 1 aliphatic carbocycles. The molecule has 9 aromatic carbocycles. The molecule has 11 rings (SSSR count). The van der Waals surface area contributed by atoms with Crippen molar-refractivity contribution in [1.82, 2.24) is 9.97 Å². The highest BCUT2D eigenvalue weighted by Crippen LogP contribution is 2.52. The Morgan fingerprint density at radius 3 is 1.67 bits per heavy atom. The van der Waals surface area contributed by atoms with Crippen LogP contribution in [0, 0.1) is 0 Å². The van der Waals surface area contributed by atoms with E-state index in [4.69, 9.17) is 9.97 Å². The smallest absolute Gasteiger partial charge is 0.160 e. The maximum absolute atomic E-state index is 5.31. The molecule has 0 saturated heterocycles. The Balaban J connectivity index is 1.08. The zero-order valence-corrected chi connectivity index (χ0v) is 31.9. The summed E-state index contributed by atoms with van der Waals surface area (Å²) in [6.07, 6.45) is 0. The van der Waals surface area contributed by atoms with E-state index in [1.54, 1.807) is 0 Å².